The highest BCUT2D eigenvalue weighted by Gasteiger charge is 2.51. The summed E-state index contributed by atoms with van der Waals surface area (Å²) in [6, 6.07) is 5.53. The Morgan fingerprint density at radius 1 is 1.22 bits per heavy atom. The number of amides is 2. The van der Waals surface area contributed by atoms with E-state index in [1.807, 2.05) is 34.9 Å². The summed E-state index contributed by atoms with van der Waals surface area (Å²) in [6.45, 7) is 5.60. The van der Waals surface area contributed by atoms with E-state index in [2.05, 4.69) is 0 Å². The van der Waals surface area contributed by atoms with Crippen LogP contribution in [0.5, 0.6) is 5.75 Å². The van der Waals surface area contributed by atoms with E-state index in [0.29, 0.717) is 31.7 Å². The quantitative estimate of drug-likeness (QED) is 0.813. The van der Waals surface area contributed by atoms with Gasteiger partial charge < -0.3 is 19.3 Å². The third-order valence-electron chi connectivity index (χ3n) is 6.12. The molecule has 0 aromatic heterocycles. The number of hydrogen-bond donors (Lipinski definition) is 0. The number of methoxy groups -OCH3 is 1. The van der Waals surface area contributed by atoms with Crippen molar-refractivity contribution < 1.29 is 19.1 Å². The van der Waals surface area contributed by atoms with Gasteiger partial charge in [-0.05, 0) is 55.9 Å². The highest BCUT2D eigenvalue weighted by molar-refractivity contribution is 5.96. The predicted octanol–water partition coefficient (Wildman–Crippen LogP) is 2.25. The zero-order valence-corrected chi connectivity index (χ0v) is 16.2. The fourth-order valence-corrected chi connectivity index (χ4v) is 4.60. The minimum Gasteiger partial charge on any atom is -0.497 e. The normalized spacial score (nSPS) is 23.6. The Hall–Kier alpha value is -2.08. The summed E-state index contributed by atoms with van der Waals surface area (Å²) in [4.78, 5) is 29.0. The van der Waals surface area contributed by atoms with Gasteiger partial charge in [-0.25, -0.2) is 0 Å². The number of ether oxygens (including phenoxy) is 2. The Labute approximate surface area is 160 Å². The van der Waals surface area contributed by atoms with Crippen molar-refractivity contribution in [2.24, 2.45) is 5.92 Å². The third-order valence-corrected chi connectivity index (χ3v) is 6.12. The summed E-state index contributed by atoms with van der Waals surface area (Å²) >= 11 is 0. The molecule has 3 fully saturated rings. The van der Waals surface area contributed by atoms with Crippen LogP contribution in [0.15, 0.2) is 18.2 Å². The summed E-state index contributed by atoms with van der Waals surface area (Å²) in [5, 5.41) is 0. The molecule has 27 heavy (non-hydrogen) atoms. The molecule has 3 heterocycles. The van der Waals surface area contributed by atoms with Gasteiger partial charge >= 0.3 is 0 Å². The van der Waals surface area contributed by atoms with E-state index in [0.717, 1.165) is 43.7 Å². The van der Waals surface area contributed by atoms with Gasteiger partial charge in [0.25, 0.3) is 5.91 Å². The van der Waals surface area contributed by atoms with Gasteiger partial charge in [-0.15, -0.1) is 0 Å². The SMILES string of the molecule is COc1ccc(C(=O)N2CC3(CC(CC(=O)N4CCCC4)CO3)C2)c(C)c1. The molecule has 3 aliphatic rings. The molecule has 0 aliphatic carbocycles. The van der Waals surface area contributed by atoms with Crippen LogP contribution in [0, 0.1) is 12.8 Å². The van der Waals surface area contributed by atoms with Crippen LogP contribution in [-0.4, -0.2) is 67.1 Å². The monoisotopic (exact) mass is 372 g/mol. The fourth-order valence-electron chi connectivity index (χ4n) is 4.60. The summed E-state index contributed by atoms with van der Waals surface area (Å²) in [6.07, 6.45) is 3.70. The van der Waals surface area contributed by atoms with Crippen LogP contribution >= 0.6 is 0 Å². The first-order chi connectivity index (χ1) is 13.0. The minimum atomic E-state index is -0.244. The zero-order valence-electron chi connectivity index (χ0n) is 16.2. The number of aryl methyl sites for hydroxylation is 1. The maximum absolute atomic E-state index is 12.8. The standard InChI is InChI=1S/C21H28N2O4/c1-15-9-17(26-2)5-6-18(15)20(25)23-13-21(14-23)11-16(12-27-21)10-19(24)22-7-3-4-8-22/h5-6,9,16H,3-4,7-8,10-14H2,1-2H3. The van der Waals surface area contributed by atoms with Crippen molar-refractivity contribution in [2.75, 3.05) is 39.9 Å². The average Bonchev–Trinajstić information content (AvgIpc) is 3.29. The zero-order chi connectivity index (χ0) is 19.0. The Kier molecular flexibility index (Phi) is 4.84. The Balaban J connectivity index is 1.31. The largest absolute Gasteiger partial charge is 0.497 e. The molecule has 2 amide bonds. The molecule has 6 heteroatoms. The van der Waals surface area contributed by atoms with Crippen molar-refractivity contribution in [3.05, 3.63) is 29.3 Å². The predicted molar refractivity (Wildman–Crippen MR) is 101 cm³/mol. The van der Waals surface area contributed by atoms with E-state index in [1.165, 1.54) is 0 Å². The number of likely N-dealkylation sites (tertiary alicyclic amines) is 2. The van der Waals surface area contributed by atoms with E-state index < -0.39 is 0 Å². The van der Waals surface area contributed by atoms with E-state index >= 15 is 0 Å². The molecular formula is C21H28N2O4. The second kappa shape index (κ2) is 7.15. The van der Waals surface area contributed by atoms with Gasteiger partial charge in [0.05, 0.1) is 26.8 Å². The number of hydrogen-bond acceptors (Lipinski definition) is 4. The molecule has 1 aromatic rings. The van der Waals surface area contributed by atoms with E-state index in [-0.39, 0.29) is 23.3 Å². The molecule has 0 radical (unpaired) electrons. The first kappa shape index (κ1) is 18.3. The van der Waals surface area contributed by atoms with Crippen LogP contribution < -0.4 is 4.74 Å². The third kappa shape index (κ3) is 3.55. The number of rotatable bonds is 4. The van der Waals surface area contributed by atoms with Gasteiger partial charge in [0.1, 0.15) is 11.4 Å². The van der Waals surface area contributed by atoms with E-state index in [1.54, 1.807) is 7.11 Å². The number of carbonyl (C=O) groups excluding carboxylic acids is 2. The van der Waals surface area contributed by atoms with Gasteiger partial charge in [-0.3, -0.25) is 9.59 Å². The second-order valence-corrected chi connectivity index (χ2v) is 8.20. The minimum absolute atomic E-state index is 0.0426. The smallest absolute Gasteiger partial charge is 0.254 e. The Morgan fingerprint density at radius 2 is 1.96 bits per heavy atom. The van der Waals surface area contributed by atoms with Crippen molar-refractivity contribution in [3.63, 3.8) is 0 Å². The van der Waals surface area contributed by atoms with E-state index in [9.17, 15) is 9.59 Å². The van der Waals surface area contributed by atoms with Crippen molar-refractivity contribution in [3.8, 4) is 5.75 Å². The van der Waals surface area contributed by atoms with Crippen molar-refractivity contribution in [1.29, 1.82) is 0 Å². The molecule has 0 saturated carbocycles. The molecular weight excluding hydrogens is 344 g/mol. The summed E-state index contributed by atoms with van der Waals surface area (Å²) < 4.78 is 11.3. The lowest BCUT2D eigenvalue weighted by atomic mass is 9.85. The lowest BCUT2D eigenvalue weighted by Gasteiger charge is -2.47. The fraction of sp³-hybridized carbons (Fsp3) is 0.619. The van der Waals surface area contributed by atoms with Gasteiger partial charge in [0.15, 0.2) is 0 Å². The maximum atomic E-state index is 12.8. The van der Waals surface area contributed by atoms with Crippen LogP contribution in [0.3, 0.4) is 0 Å². The molecule has 3 aliphatic heterocycles. The highest BCUT2D eigenvalue weighted by atomic mass is 16.5. The number of benzene rings is 1. The number of nitrogens with zero attached hydrogens (tertiary/aromatic N) is 2. The van der Waals surface area contributed by atoms with Crippen LogP contribution in [0.25, 0.3) is 0 Å². The van der Waals surface area contributed by atoms with Crippen molar-refractivity contribution >= 4 is 11.8 Å². The Morgan fingerprint density at radius 3 is 2.63 bits per heavy atom. The molecule has 0 N–H and O–H groups in total. The van der Waals surface area contributed by atoms with Gasteiger partial charge in [-0.2, -0.15) is 0 Å². The second-order valence-electron chi connectivity index (χ2n) is 8.20. The van der Waals surface area contributed by atoms with Crippen LogP contribution in [0.2, 0.25) is 0 Å². The van der Waals surface area contributed by atoms with Gasteiger partial charge in [0.2, 0.25) is 5.91 Å². The molecule has 3 saturated heterocycles. The molecule has 1 aromatic carbocycles. The summed E-state index contributed by atoms with van der Waals surface area (Å²) in [5.41, 5.74) is 1.39. The molecule has 0 bridgehead atoms. The first-order valence-corrected chi connectivity index (χ1v) is 9.85. The van der Waals surface area contributed by atoms with Crippen LogP contribution in [-0.2, 0) is 9.53 Å². The average molecular weight is 372 g/mol. The van der Waals surface area contributed by atoms with E-state index in [4.69, 9.17) is 9.47 Å². The summed E-state index contributed by atoms with van der Waals surface area (Å²) in [5.74, 6) is 1.34. The topological polar surface area (TPSA) is 59.1 Å². The van der Waals surface area contributed by atoms with Crippen molar-refractivity contribution in [1.82, 2.24) is 9.80 Å². The lowest BCUT2D eigenvalue weighted by Crippen LogP contribution is -2.63. The molecule has 6 nitrogen and oxygen atoms in total. The summed E-state index contributed by atoms with van der Waals surface area (Å²) in [7, 11) is 1.62. The van der Waals surface area contributed by atoms with Crippen molar-refractivity contribution in [2.45, 2.75) is 38.2 Å². The molecule has 1 atom stereocenters. The molecule has 1 spiro atoms. The lowest BCUT2D eigenvalue weighted by molar-refractivity contribution is -0.131. The number of carbonyl (C=O) groups is 2. The van der Waals surface area contributed by atoms with Gasteiger partial charge in [-0.1, -0.05) is 0 Å². The van der Waals surface area contributed by atoms with Gasteiger partial charge in [0, 0.05) is 25.1 Å². The molecule has 1 unspecified atom stereocenters. The molecule has 146 valence electrons. The maximum Gasteiger partial charge on any atom is 0.254 e. The molecule has 4 rings (SSSR count). The van der Waals surface area contributed by atoms with Crippen LogP contribution in [0.4, 0.5) is 0 Å². The first-order valence-electron chi connectivity index (χ1n) is 9.85. The Bertz CT molecular complexity index is 736. The van der Waals surface area contributed by atoms with Crippen LogP contribution in [0.1, 0.15) is 41.6 Å². The highest BCUT2D eigenvalue weighted by Crippen LogP contribution is 2.40.